The Kier molecular flexibility index (Phi) is 7.53. The molecule has 4 aromatic rings. The van der Waals surface area contributed by atoms with Crippen molar-refractivity contribution in [1.82, 2.24) is 4.98 Å². The number of hydrogen-bond donors (Lipinski definition) is 4. The number of nitrogens with two attached hydrogens (primary N) is 1. The maximum absolute atomic E-state index is 13.4. The predicted molar refractivity (Wildman–Crippen MR) is 157 cm³/mol. The first-order valence-electron chi connectivity index (χ1n) is 11.8. The van der Waals surface area contributed by atoms with Crippen molar-refractivity contribution in [2.45, 2.75) is 26.2 Å². The molecule has 0 saturated heterocycles. The number of nitrogens with one attached hydrogen (secondary N) is 3. The van der Waals surface area contributed by atoms with E-state index in [2.05, 4.69) is 20.3 Å². The minimum Gasteiger partial charge on any atom is -0.492 e. The van der Waals surface area contributed by atoms with Crippen LogP contribution in [0.3, 0.4) is 0 Å². The van der Waals surface area contributed by atoms with Gasteiger partial charge in [0.15, 0.2) is 5.75 Å². The van der Waals surface area contributed by atoms with Crippen LogP contribution in [0.25, 0.3) is 10.1 Å². The van der Waals surface area contributed by atoms with Gasteiger partial charge in [0.05, 0.1) is 45.6 Å². The molecule has 0 saturated carbocycles. The zero-order chi connectivity index (χ0) is 28.5. The van der Waals surface area contributed by atoms with Crippen LogP contribution in [0.15, 0.2) is 54.7 Å². The quantitative estimate of drug-likeness (QED) is 0.243. The standard InChI is InChI=1S/C27H29N5O5S2/c1-27(2,3)17-12-19(23(37-4)20(13-17)32-39(5,35)36)31-26(34)21-11-15-7-6-8-18(24(15)38-21)30-25(33)16-9-10-22(28)29-14-16/h6-14,32H,1-5H3,(H2,28,29)(H,30,33)(H,31,34). The van der Waals surface area contributed by atoms with Crippen LogP contribution >= 0.6 is 11.3 Å². The van der Waals surface area contributed by atoms with E-state index < -0.39 is 15.9 Å². The normalized spacial score (nSPS) is 11.7. The van der Waals surface area contributed by atoms with Crippen molar-refractivity contribution in [3.63, 3.8) is 0 Å². The molecule has 0 fully saturated rings. The van der Waals surface area contributed by atoms with Crippen molar-refractivity contribution >= 4 is 66.1 Å². The summed E-state index contributed by atoms with van der Waals surface area (Å²) in [4.78, 5) is 30.5. The van der Waals surface area contributed by atoms with Crippen molar-refractivity contribution in [3.8, 4) is 5.75 Å². The number of aromatic nitrogens is 1. The fourth-order valence-corrected chi connectivity index (χ4v) is 5.42. The van der Waals surface area contributed by atoms with E-state index in [9.17, 15) is 18.0 Å². The lowest BCUT2D eigenvalue weighted by Crippen LogP contribution is -2.18. The van der Waals surface area contributed by atoms with Crippen LogP contribution in [0, 0.1) is 0 Å². The van der Waals surface area contributed by atoms with E-state index in [4.69, 9.17) is 10.5 Å². The highest BCUT2D eigenvalue weighted by atomic mass is 32.2. The molecular weight excluding hydrogens is 538 g/mol. The highest BCUT2D eigenvalue weighted by Gasteiger charge is 2.23. The molecule has 2 heterocycles. The molecule has 204 valence electrons. The first kappa shape index (κ1) is 27.9. The van der Waals surface area contributed by atoms with Gasteiger partial charge >= 0.3 is 0 Å². The summed E-state index contributed by atoms with van der Waals surface area (Å²) >= 11 is 1.21. The SMILES string of the molecule is COc1c(NC(=O)c2cc3cccc(NC(=O)c4ccc(N)nc4)c3s2)cc(C(C)(C)C)cc1NS(C)(=O)=O. The molecule has 2 aromatic heterocycles. The second kappa shape index (κ2) is 10.5. The number of sulfonamides is 1. The molecule has 0 bridgehead atoms. The Morgan fingerprint density at radius 2 is 1.67 bits per heavy atom. The largest absolute Gasteiger partial charge is 0.492 e. The van der Waals surface area contributed by atoms with Gasteiger partial charge in [-0.15, -0.1) is 11.3 Å². The summed E-state index contributed by atoms with van der Waals surface area (Å²) in [6.45, 7) is 5.94. The average Bonchev–Trinajstić information content (AvgIpc) is 3.28. The summed E-state index contributed by atoms with van der Waals surface area (Å²) in [5.41, 5.74) is 7.50. The molecule has 0 unspecified atom stereocenters. The Morgan fingerprint density at radius 3 is 2.28 bits per heavy atom. The van der Waals surface area contributed by atoms with E-state index in [0.717, 1.165) is 17.2 Å². The lowest BCUT2D eigenvalue weighted by Gasteiger charge is -2.23. The third kappa shape index (κ3) is 6.47. The minimum atomic E-state index is -3.61. The topological polar surface area (TPSA) is 153 Å². The van der Waals surface area contributed by atoms with Crippen LogP contribution in [0.4, 0.5) is 22.9 Å². The molecule has 0 radical (unpaired) electrons. The Labute approximate surface area is 230 Å². The Bertz CT molecular complexity index is 1670. The monoisotopic (exact) mass is 567 g/mol. The number of nitrogen functional groups attached to an aromatic ring is 1. The van der Waals surface area contributed by atoms with E-state index in [1.54, 1.807) is 42.5 Å². The van der Waals surface area contributed by atoms with E-state index >= 15 is 0 Å². The molecule has 12 heteroatoms. The molecular formula is C27H29N5O5S2. The number of rotatable bonds is 7. The third-order valence-corrected chi connectivity index (χ3v) is 7.54. The van der Waals surface area contributed by atoms with Crippen LogP contribution in [0.2, 0.25) is 0 Å². The lowest BCUT2D eigenvalue weighted by molar-refractivity contribution is 0.102. The molecule has 0 aliphatic carbocycles. The van der Waals surface area contributed by atoms with Gasteiger partial charge in [0.25, 0.3) is 11.8 Å². The van der Waals surface area contributed by atoms with Crippen molar-refractivity contribution < 1.29 is 22.7 Å². The fraction of sp³-hybridized carbons (Fsp3) is 0.222. The summed E-state index contributed by atoms with van der Waals surface area (Å²) < 4.78 is 32.7. The van der Waals surface area contributed by atoms with Crippen molar-refractivity contribution in [2.75, 3.05) is 34.5 Å². The average molecular weight is 568 g/mol. The second-order valence-electron chi connectivity index (χ2n) is 9.94. The molecule has 0 spiro atoms. The molecule has 5 N–H and O–H groups in total. The molecule has 4 rings (SSSR count). The van der Waals surface area contributed by atoms with E-state index in [1.807, 2.05) is 26.8 Å². The molecule has 0 aliphatic heterocycles. The van der Waals surface area contributed by atoms with Gasteiger partial charge in [-0.2, -0.15) is 0 Å². The Balaban J connectivity index is 1.67. The smallest absolute Gasteiger partial charge is 0.265 e. The van der Waals surface area contributed by atoms with Crippen LogP contribution < -0.4 is 25.8 Å². The maximum Gasteiger partial charge on any atom is 0.265 e. The number of pyridine rings is 1. The zero-order valence-corrected chi connectivity index (χ0v) is 23.7. The number of amides is 2. The molecule has 0 atom stereocenters. The van der Waals surface area contributed by atoms with Gasteiger partial charge in [-0.3, -0.25) is 14.3 Å². The number of thiophene rings is 1. The number of ether oxygens (including phenoxy) is 1. The van der Waals surface area contributed by atoms with Crippen LogP contribution in [-0.4, -0.2) is 38.6 Å². The summed E-state index contributed by atoms with van der Waals surface area (Å²) in [6, 6.07) is 13.7. The molecule has 39 heavy (non-hydrogen) atoms. The number of carbonyl (C=O) groups excluding carboxylic acids is 2. The Morgan fingerprint density at radius 1 is 0.974 bits per heavy atom. The van der Waals surface area contributed by atoms with E-state index in [-0.39, 0.29) is 22.8 Å². The summed E-state index contributed by atoms with van der Waals surface area (Å²) in [7, 11) is -2.21. The van der Waals surface area contributed by atoms with Crippen molar-refractivity contribution in [1.29, 1.82) is 0 Å². The number of anilines is 4. The van der Waals surface area contributed by atoms with E-state index in [1.165, 1.54) is 24.6 Å². The number of fused-ring (bicyclic) bond motifs is 1. The molecule has 0 aliphatic rings. The van der Waals surface area contributed by atoms with Gasteiger partial charge in [-0.05, 0) is 52.8 Å². The van der Waals surface area contributed by atoms with Gasteiger partial charge in [-0.25, -0.2) is 13.4 Å². The number of methoxy groups -OCH3 is 1. The van der Waals surface area contributed by atoms with Crippen LogP contribution in [0.5, 0.6) is 5.75 Å². The van der Waals surface area contributed by atoms with Crippen molar-refractivity contribution in [3.05, 3.63) is 70.7 Å². The minimum absolute atomic E-state index is 0.188. The molecule has 2 amide bonds. The van der Waals surface area contributed by atoms with E-state index in [0.29, 0.717) is 32.3 Å². The lowest BCUT2D eigenvalue weighted by atomic mass is 9.86. The summed E-state index contributed by atoms with van der Waals surface area (Å²) in [5.74, 6) is -0.269. The first-order valence-corrected chi connectivity index (χ1v) is 14.5. The van der Waals surface area contributed by atoms with Crippen molar-refractivity contribution in [2.24, 2.45) is 0 Å². The first-order chi connectivity index (χ1) is 18.2. The number of nitrogens with zero attached hydrogens (tertiary/aromatic N) is 1. The Hall–Kier alpha value is -4.16. The summed E-state index contributed by atoms with van der Waals surface area (Å²) in [6.07, 6.45) is 2.44. The van der Waals surface area contributed by atoms with Gasteiger partial charge in [0.2, 0.25) is 10.0 Å². The number of hydrogen-bond acceptors (Lipinski definition) is 8. The second-order valence-corrected chi connectivity index (χ2v) is 12.7. The van der Waals surface area contributed by atoms with Gasteiger partial charge in [0.1, 0.15) is 5.82 Å². The zero-order valence-electron chi connectivity index (χ0n) is 22.1. The number of carbonyl (C=O) groups is 2. The summed E-state index contributed by atoms with van der Waals surface area (Å²) in [5, 5.41) is 6.51. The molecule has 10 nitrogen and oxygen atoms in total. The highest BCUT2D eigenvalue weighted by molar-refractivity contribution is 7.92. The van der Waals surface area contributed by atoms with Gasteiger partial charge in [0, 0.05) is 6.20 Å². The van der Waals surface area contributed by atoms with Gasteiger partial charge < -0.3 is 21.1 Å². The number of benzene rings is 2. The van der Waals surface area contributed by atoms with Crippen LogP contribution in [0.1, 0.15) is 46.4 Å². The molecule has 2 aromatic carbocycles. The maximum atomic E-state index is 13.4. The fourth-order valence-electron chi connectivity index (χ4n) is 3.84. The van der Waals surface area contributed by atoms with Crippen LogP contribution in [-0.2, 0) is 15.4 Å². The highest BCUT2D eigenvalue weighted by Crippen LogP contribution is 2.40. The predicted octanol–water partition coefficient (Wildman–Crippen LogP) is 5.06. The third-order valence-electron chi connectivity index (χ3n) is 5.77. The van der Waals surface area contributed by atoms with Gasteiger partial charge in [-0.1, -0.05) is 32.9 Å².